The average Bonchev–Trinajstić information content (AvgIpc) is 2.38. The first-order valence-corrected chi connectivity index (χ1v) is 6.32. The van der Waals surface area contributed by atoms with Gasteiger partial charge in [0, 0.05) is 24.0 Å². The molecule has 1 N–H and O–H groups in total. The summed E-state index contributed by atoms with van der Waals surface area (Å²) in [6.45, 7) is 0. The fraction of sp³-hybridized carbons (Fsp3) is 0.500. The van der Waals surface area contributed by atoms with Crippen LogP contribution < -0.4 is 0 Å². The summed E-state index contributed by atoms with van der Waals surface area (Å²) in [5.74, 6) is 0. The quantitative estimate of drug-likeness (QED) is 0.550. The van der Waals surface area contributed by atoms with E-state index in [1.54, 1.807) is 6.21 Å². The van der Waals surface area contributed by atoms with Crippen LogP contribution in [0.4, 0.5) is 0 Å². The molecule has 1 fully saturated rings. The summed E-state index contributed by atoms with van der Waals surface area (Å²) < 4.78 is 1.01. The van der Waals surface area contributed by atoms with Crippen LogP contribution >= 0.6 is 0 Å². The molecule has 3 heteroatoms. The summed E-state index contributed by atoms with van der Waals surface area (Å²) in [4.78, 5) is 0. The minimum atomic E-state index is -0.651. The summed E-state index contributed by atoms with van der Waals surface area (Å²) in [7, 11) is 0. The van der Waals surface area contributed by atoms with Gasteiger partial charge in [0.25, 0.3) is 0 Å². The molecule has 1 aliphatic carbocycles. The standard InChI is InChI=1S/C14H17NO2/c16-13-12-7-3-2-6-11(12)10-15(17)14(13)8-4-1-5-9-14/h2-3,6-7,10,13,16H,1,4-5,8-9H2/t13-/m1/s1. The third-order valence-electron chi connectivity index (χ3n) is 4.21. The molecule has 0 bridgehead atoms. The Kier molecular flexibility index (Phi) is 2.44. The molecular weight excluding hydrogens is 214 g/mol. The zero-order valence-electron chi connectivity index (χ0n) is 9.80. The van der Waals surface area contributed by atoms with Crippen molar-refractivity contribution in [2.75, 3.05) is 0 Å². The second kappa shape index (κ2) is 3.84. The maximum absolute atomic E-state index is 12.2. The largest absolute Gasteiger partial charge is 0.623 e. The SMILES string of the molecule is [O-][N+]1=Cc2ccccc2[C@@H](O)C12CCCCC2. The molecule has 0 saturated heterocycles. The van der Waals surface area contributed by atoms with E-state index in [1.807, 2.05) is 24.3 Å². The average molecular weight is 231 g/mol. The highest BCUT2D eigenvalue weighted by Crippen LogP contribution is 2.43. The summed E-state index contributed by atoms with van der Waals surface area (Å²) in [6.07, 6.45) is 5.82. The van der Waals surface area contributed by atoms with Crippen LogP contribution in [-0.2, 0) is 0 Å². The third kappa shape index (κ3) is 1.49. The van der Waals surface area contributed by atoms with Crippen molar-refractivity contribution < 1.29 is 9.85 Å². The van der Waals surface area contributed by atoms with Crippen molar-refractivity contribution in [2.45, 2.75) is 43.7 Å². The number of hydrogen-bond acceptors (Lipinski definition) is 2. The van der Waals surface area contributed by atoms with Crippen LogP contribution in [0.25, 0.3) is 0 Å². The van der Waals surface area contributed by atoms with E-state index in [0.717, 1.165) is 41.5 Å². The van der Waals surface area contributed by atoms with Gasteiger partial charge in [0.15, 0.2) is 6.21 Å². The second-order valence-corrected chi connectivity index (χ2v) is 5.15. The number of hydrogen-bond donors (Lipinski definition) is 1. The lowest BCUT2D eigenvalue weighted by molar-refractivity contribution is -0.569. The highest BCUT2D eigenvalue weighted by Gasteiger charge is 2.50. The van der Waals surface area contributed by atoms with Gasteiger partial charge in [-0.1, -0.05) is 24.6 Å². The van der Waals surface area contributed by atoms with E-state index in [-0.39, 0.29) is 0 Å². The minimum absolute atomic E-state index is 0.605. The molecule has 1 atom stereocenters. The number of aliphatic hydroxyl groups excluding tert-OH is 1. The molecule has 1 aromatic rings. The van der Waals surface area contributed by atoms with Gasteiger partial charge >= 0.3 is 0 Å². The van der Waals surface area contributed by atoms with E-state index in [2.05, 4.69) is 0 Å². The van der Waals surface area contributed by atoms with Gasteiger partial charge in [0.2, 0.25) is 5.54 Å². The zero-order valence-corrected chi connectivity index (χ0v) is 9.80. The first-order chi connectivity index (χ1) is 8.24. The van der Waals surface area contributed by atoms with Gasteiger partial charge in [-0.25, -0.2) is 4.74 Å². The summed E-state index contributed by atoms with van der Waals surface area (Å²) in [5, 5.41) is 22.8. The minimum Gasteiger partial charge on any atom is -0.623 e. The Balaban J connectivity index is 2.10. The monoisotopic (exact) mass is 231 g/mol. The van der Waals surface area contributed by atoms with Crippen molar-refractivity contribution in [3.8, 4) is 0 Å². The van der Waals surface area contributed by atoms with E-state index in [0.29, 0.717) is 0 Å². The van der Waals surface area contributed by atoms with E-state index in [4.69, 9.17) is 0 Å². The van der Waals surface area contributed by atoms with Gasteiger partial charge in [-0.2, -0.15) is 0 Å². The number of benzene rings is 1. The molecule has 1 heterocycles. The molecule has 0 aromatic heterocycles. The highest BCUT2D eigenvalue weighted by molar-refractivity contribution is 5.79. The molecule has 90 valence electrons. The predicted octanol–water partition coefficient (Wildman–Crippen LogP) is 2.37. The molecule has 1 saturated carbocycles. The zero-order chi connectivity index (χ0) is 11.9. The van der Waals surface area contributed by atoms with Crippen molar-refractivity contribution >= 4 is 6.21 Å². The van der Waals surface area contributed by atoms with Gasteiger partial charge in [0.1, 0.15) is 6.10 Å². The van der Waals surface area contributed by atoms with E-state index in [9.17, 15) is 10.3 Å². The van der Waals surface area contributed by atoms with E-state index in [1.165, 1.54) is 6.42 Å². The van der Waals surface area contributed by atoms with Crippen molar-refractivity contribution in [2.24, 2.45) is 0 Å². The summed E-state index contributed by atoms with van der Waals surface area (Å²) >= 11 is 0. The van der Waals surface area contributed by atoms with Crippen LogP contribution in [-0.4, -0.2) is 21.6 Å². The van der Waals surface area contributed by atoms with Crippen molar-refractivity contribution in [3.63, 3.8) is 0 Å². The van der Waals surface area contributed by atoms with Crippen molar-refractivity contribution in [1.29, 1.82) is 0 Å². The normalized spacial score (nSPS) is 26.4. The first kappa shape index (κ1) is 10.8. The van der Waals surface area contributed by atoms with Gasteiger partial charge in [-0.05, 0) is 18.9 Å². The van der Waals surface area contributed by atoms with Crippen molar-refractivity contribution in [1.82, 2.24) is 0 Å². The van der Waals surface area contributed by atoms with Crippen LogP contribution in [0.2, 0.25) is 0 Å². The molecule has 1 spiro atoms. The molecular formula is C14H17NO2. The fourth-order valence-corrected chi connectivity index (χ4v) is 3.20. The number of aliphatic hydroxyl groups is 1. The fourth-order valence-electron chi connectivity index (χ4n) is 3.20. The third-order valence-corrected chi connectivity index (χ3v) is 4.21. The first-order valence-electron chi connectivity index (χ1n) is 6.32. The molecule has 17 heavy (non-hydrogen) atoms. The van der Waals surface area contributed by atoms with Crippen LogP contribution in [0.15, 0.2) is 24.3 Å². The molecule has 1 aliphatic heterocycles. The summed E-state index contributed by atoms with van der Waals surface area (Å²) in [6, 6.07) is 7.64. The van der Waals surface area contributed by atoms with Crippen LogP contribution in [0, 0.1) is 5.21 Å². The topological polar surface area (TPSA) is 46.3 Å². The Morgan fingerprint density at radius 3 is 2.65 bits per heavy atom. The Hall–Kier alpha value is -1.35. The number of rotatable bonds is 0. The molecule has 3 nitrogen and oxygen atoms in total. The molecule has 2 aliphatic rings. The highest BCUT2D eigenvalue weighted by atomic mass is 16.5. The molecule has 0 unspecified atom stereocenters. The van der Waals surface area contributed by atoms with Crippen LogP contribution in [0.3, 0.4) is 0 Å². The smallest absolute Gasteiger partial charge is 0.202 e. The molecule has 1 aromatic carbocycles. The van der Waals surface area contributed by atoms with Crippen LogP contribution in [0.1, 0.15) is 49.3 Å². The van der Waals surface area contributed by atoms with Gasteiger partial charge in [-0.3, -0.25) is 0 Å². The lowest BCUT2D eigenvalue weighted by Crippen LogP contribution is -2.49. The second-order valence-electron chi connectivity index (χ2n) is 5.15. The lowest BCUT2D eigenvalue weighted by atomic mass is 9.73. The Morgan fingerprint density at radius 2 is 1.88 bits per heavy atom. The van der Waals surface area contributed by atoms with Gasteiger partial charge < -0.3 is 10.3 Å². The Morgan fingerprint density at radius 1 is 1.18 bits per heavy atom. The van der Waals surface area contributed by atoms with Gasteiger partial charge in [0.05, 0.1) is 0 Å². The molecule has 0 amide bonds. The van der Waals surface area contributed by atoms with E-state index < -0.39 is 11.6 Å². The van der Waals surface area contributed by atoms with Crippen molar-refractivity contribution in [3.05, 3.63) is 40.6 Å². The van der Waals surface area contributed by atoms with Gasteiger partial charge in [-0.15, -0.1) is 0 Å². The summed E-state index contributed by atoms with van der Waals surface area (Å²) in [5.41, 5.74) is 1.15. The molecule has 3 rings (SSSR count). The maximum Gasteiger partial charge on any atom is 0.202 e. The number of hydroxylamine groups is 1. The predicted molar refractivity (Wildman–Crippen MR) is 66.0 cm³/mol. The van der Waals surface area contributed by atoms with Crippen LogP contribution in [0.5, 0.6) is 0 Å². The maximum atomic E-state index is 12.2. The number of fused-ring (bicyclic) bond motifs is 1. The Bertz CT molecular complexity index is 461. The molecule has 0 radical (unpaired) electrons. The van der Waals surface area contributed by atoms with E-state index >= 15 is 0 Å². The number of nitrogens with zero attached hydrogens (tertiary/aromatic N) is 1. The lowest BCUT2D eigenvalue weighted by Gasteiger charge is -2.41. The Labute approximate surface area is 101 Å².